The molecule has 0 aliphatic carbocycles. The molecule has 2 N–H and O–H groups in total. The van der Waals surface area contributed by atoms with Crippen LogP contribution in [-0.4, -0.2) is 44.4 Å². The molecule has 0 aromatic heterocycles. The number of hydrogen-bond donors (Lipinski definition) is 2. The van der Waals surface area contributed by atoms with Crippen molar-refractivity contribution in [2.45, 2.75) is 18.9 Å². The summed E-state index contributed by atoms with van der Waals surface area (Å²) >= 11 is 3.35. The molecule has 1 heterocycles. The molecule has 0 saturated carbocycles. The summed E-state index contributed by atoms with van der Waals surface area (Å²) in [7, 11) is 1.57. The third-order valence-electron chi connectivity index (χ3n) is 3.28. The highest BCUT2D eigenvalue weighted by molar-refractivity contribution is 9.10. The fourth-order valence-electron chi connectivity index (χ4n) is 2.07. The van der Waals surface area contributed by atoms with Crippen LogP contribution in [0.4, 0.5) is 0 Å². The predicted octanol–water partition coefficient (Wildman–Crippen LogP) is 1.20. The van der Waals surface area contributed by atoms with E-state index in [0.29, 0.717) is 18.9 Å². The van der Waals surface area contributed by atoms with Gasteiger partial charge in [0.2, 0.25) is 0 Å². The Morgan fingerprint density at radius 3 is 2.96 bits per heavy atom. The number of carbonyl (C=O) groups is 2. The second kappa shape index (κ2) is 8.64. The number of benzene rings is 1. The standard InChI is InChI=1S/C15H18BrN3O4/c1-22-13-5-4-10(7-12(13)16)8-18-19-15(21)14(20)17-9-11-3-2-6-23-11/h4-5,7-8,11H,2-3,6,9H2,1H3,(H,17,20)(H,19,21)/b18-8-/t11-/m1/s1. The lowest BCUT2D eigenvalue weighted by atomic mass is 10.2. The molecule has 1 fully saturated rings. The fourth-order valence-corrected chi connectivity index (χ4v) is 2.63. The average molecular weight is 384 g/mol. The summed E-state index contributed by atoms with van der Waals surface area (Å²) in [5, 5.41) is 6.28. The first-order chi connectivity index (χ1) is 11.1. The number of halogens is 1. The quantitative estimate of drug-likeness (QED) is 0.454. The number of amides is 2. The first kappa shape index (κ1) is 17.4. The van der Waals surface area contributed by atoms with Crippen molar-refractivity contribution in [1.82, 2.24) is 10.7 Å². The van der Waals surface area contributed by atoms with Crippen LogP contribution < -0.4 is 15.5 Å². The van der Waals surface area contributed by atoms with Crippen molar-refractivity contribution >= 4 is 34.0 Å². The maximum atomic E-state index is 11.6. The number of nitrogens with one attached hydrogen (secondary N) is 2. The molecule has 1 aromatic carbocycles. The molecule has 1 aliphatic heterocycles. The van der Waals surface area contributed by atoms with Crippen LogP contribution in [0.2, 0.25) is 0 Å². The largest absolute Gasteiger partial charge is 0.496 e. The van der Waals surface area contributed by atoms with E-state index in [0.717, 1.165) is 22.9 Å². The highest BCUT2D eigenvalue weighted by atomic mass is 79.9. The summed E-state index contributed by atoms with van der Waals surface area (Å²) < 4.78 is 11.2. The SMILES string of the molecule is COc1ccc(/C=N\NC(=O)C(=O)NC[C@H]2CCCO2)cc1Br. The van der Waals surface area contributed by atoms with Gasteiger partial charge in [0.15, 0.2) is 0 Å². The maximum absolute atomic E-state index is 11.6. The fraction of sp³-hybridized carbons (Fsp3) is 0.400. The van der Waals surface area contributed by atoms with Gasteiger partial charge >= 0.3 is 11.8 Å². The van der Waals surface area contributed by atoms with E-state index in [-0.39, 0.29) is 6.10 Å². The molecule has 0 spiro atoms. The lowest BCUT2D eigenvalue weighted by molar-refractivity contribution is -0.139. The molecule has 1 saturated heterocycles. The Balaban J connectivity index is 1.78. The van der Waals surface area contributed by atoms with Gasteiger partial charge in [0.1, 0.15) is 5.75 Å². The highest BCUT2D eigenvalue weighted by Gasteiger charge is 2.18. The zero-order valence-electron chi connectivity index (χ0n) is 12.7. The van der Waals surface area contributed by atoms with Crippen LogP contribution in [0, 0.1) is 0 Å². The summed E-state index contributed by atoms with van der Waals surface area (Å²) in [6, 6.07) is 5.32. The number of methoxy groups -OCH3 is 1. The Hall–Kier alpha value is -1.93. The molecule has 0 bridgehead atoms. The molecular formula is C15H18BrN3O4. The van der Waals surface area contributed by atoms with E-state index in [9.17, 15) is 9.59 Å². The predicted molar refractivity (Wildman–Crippen MR) is 88.4 cm³/mol. The zero-order valence-corrected chi connectivity index (χ0v) is 14.3. The minimum absolute atomic E-state index is 0.00750. The normalized spacial score (nSPS) is 17.2. The highest BCUT2D eigenvalue weighted by Crippen LogP contribution is 2.24. The Bertz CT molecular complexity index is 600. The van der Waals surface area contributed by atoms with Crippen molar-refractivity contribution in [1.29, 1.82) is 0 Å². The van der Waals surface area contributed by atoms with Gasteiger partial charge in [0.05, 0.1) is 23.9 Å². The van der Waals surface area contributed by atoms with Crippen LogP contribution in [-0.2, 0) is 14.3 Å². The minimum Gasteiger partial charge on any atom is -0.496 e. The molecule has 8 heteroatoms. The topological polar surface area (TPSA) is 89.0 Å². The molecule has 23 heavy (non-hydrogen) atoms. The van der Waals surface area contributed by atoms with Gasteiger partial charge in [-0.2, -0.15) is 5.10 Å². The Morgan fingerprint density at radius 2 is 2.30 bits per heavy atom. The molecule has 2 rings (SSSR count). The molecular weight excluding hydrogens is 366 g/mol. The number of nitrogens with zero attached hydrogens (tertiary/aromatic N) is 1. The molecule has 124 valence electrons. The van der Waals surface area contributed by atoms with Gasteiger partial charge in [0, 0.05) is 13.2 Å². The van der Waals surface area contributed by atoms with Crippen molar-refractivity contribution in [3.63, 3.8) is 0 Å². The summed E-state index contributed by atoms with van der Waals surface area (Å²) in [6.45, 7) is 1.04. The van der Waals surface area contributed by atoms with Crippen molar-refractivity contribution in [3.8, 4) is 5.75 Å². The number of rotatable bonds is 5. The summed E-state index contributed by atoms with van der Waals surface area (Å²) in [5.41, 5.74) is 2.93. The van der Waals surface area contributed by atoms with E-state index < -0.39 is 11.8 Å². The summed E-state index contributed by atoms with van der Waals surface area (Å²) in [4.78, 5) is 23.2. The van der Waals surface area contributed by atoms with Gasteiger partial charge in [0.25, 0.3) is 0 Å². The third kappa shape index (κ3) is 5.33. The van der Waals surface area contributed by atoms with Crippen LogP contribution in [0.1, 0.15) is 18.4 Å². The van der Waals surface area contributed by atoms with E-state index in [1.807, 2.05) is 0 Å². The molecule has 1 aliphatic rings. The van der Waals surface area contributed by atoms with Crippen LogP contribution in [0.5, 0.6) is 5.75 Å². The van der Waals surface area contributed by atoms with Crippen molar-refractivity contribution in [2.75, 3.05) is 20.3 Å². The van der Waals surface area contributed by atoms with E-state index in [4.69, 9.17) is 9.47 Å². The van der Waals surface area contributed by atoms with Crippen LogP contribution in [0.15, 0.2) is 27.8 Å². The third-order valence-corrected chi connectivity index (χ3v) is 3.90. The van der Waals surface area contributed by atoms with Crippen molar-refractivity contribution < 1.29 is 19.1 Å². The van der Waals surface area contributed by atoms with Crippen LogP contribution >= 0.6 is 15.9 Å². The second-order valence-corrected chi connectivity index (χ2v) is 5.79. The number of ether oxygens (including phenoxy) is 2. The van der Waals surface area contributed by atoms with E-state index >= 15 is 0 Å². The van der Waals surface area contributed by atoms with Crippen LogP contribution in [0.25, 0.3) is 0 Å². The maximum Gasteiger partial charge on any atom is 0.329 e. The van der Waals surface area contributed by atoms with Gasteiger partial charge in [-0.15, -0.1) is 0 Å². The summed E-state index contributed by atoms with van der Waals surface area (Å²) in [6.07, 6.45) is 3.31. The van der Waals surface area contributed by atoms with E-state index in [2.05, 4.69) is 31.8 Å². The molecule has 1 aromatic rings. The Kier molecular flexibility index (Phi) is 6.54. The number of carbonyl (C=O) groups excluding carboxylic acids is 2. The Labute approximate surface area is 142 Å². The van der Waals surface area contributed by atoms with E-state index in [1.54, 1.807) is 25.3 Å². The van der Waals surface area contributed by atoms with Crippen molar-refractivity contribution in [3.05, 3.63) is 28.2 Å². The van der Waals surface area contributed by atoms with Crippen molar-refractivity contribution in [2.24, 2.45) is 5.10 Å². The van der Waals surface area contributed by atoms with Gasteiger partial charge in [-0.3, -0.25) is 9.59 Å². The smallest absolute Gasteiger partial charge is 0.329 e. The van der Waals surface area contributed by atoms with Crippen LogP contribution in [0.3, 0.4) is 0 Å². The lowest BCUT2D eigenvalue weighted by Gasteiger charge is -2.09. The average Bonchev–Trinajstić information content (AvgIpc) is 3.06. The number of hydrazone groups is 1. The van der Waals surface area contributed by atoms with Gasteiger partial charge < -0.3 is 14.8 Å². The molecule has 1 atom stereocenters. The van der Waals surface area contributed by atoms with Gasteiger partial charge in [-0.25, -0.2) is 5.43 Å². The molecule has 2 amide bonds. The summed E-state index contributed by atoms with van der Waals surface area (Å²) in [5.74, 6) is -0.847. The van der Waals surface area contributed by atoms with E-state index in [1.165, 1.54) is 6.21 Å². The lowest BCUT2D eigenvalue weighted by Crippen LogP contribution is -2.41. The Morgan fingerprint density at radius 1 is 1.48 bits per heavy atom. The number of hydrogen-bond acceptors (Lipinski definition) is 5. The van der Waals surface area contributed by atoms with Gasteiger partial charge in [-0.1, -0.05) is 0 Å². The monoisotopic (exact) mass is 383 g/mol. The minimum atomic E-state index is -0.813. The molecule has 7 nitrogen and oxygen atoms in total. The zero-order chi connectivity index (χ0) is 16.7. The second-order valence-electron chi connectivity index (χ2n) is 4.94. The molecule has 0 unspecified atom stereocenters. The first-order valence-corrected chi connectivity index (χ1v) is 7.96. The van der Waals surface area contributed by atoms with Gasteiger partial charge in [-0.05, 0) is 52.5 Å². The molecule has 0 radical (unpaired) electrons. The first-order valence-electron chi connectivity index (χ1n) is 7.16.